The van der Waals surface area contributed by atoms with Crippen LogP contribution in [0.3, 0.4) is 0 Å². The molecule has 30 heavy (non-hydrogen) atoms. The fourth-order valence-corrected chi connectivity index (χ4v) is 4.45. The minimum atomic E-state index is -0.305. The number of nitrogens with zero attached hydrogens (tertiary/aromatic N) is 3. The minimum absolute atomic E-state index is 0.0582. The van der Waals surface area contributed by atoms with Crippen molar-refractivity contribution in [1.29, 1.82) is 0 Å². The first-order valence-electron chi connectivity index (χ1n) is 10.5. The van der Waals surface area contributed by atoms with E-state index < -0.39 is 0 Å². The van der Waals surface area contributed by atoms with Gasteiger partial charge >= 0.3 is 0 Å². The van der Waals surface area contributed by atoms with Gasteiger partial charge in [-0.25, -0.2) is 4.39 Å². The number of carbonyl (C=O) groups is 1. The Bertz CT molecular complexity index is 999. The zero-order valence-corrected chi connectivity index (χ0v) is 17.8. The lowest BCUT2D eigenvalue weighted by Crippen LogP contribution is -2.52. The van der Waals surface area contributed by atoms with E-state index in [1.165, 1.54) is 12.1 Å². The maximum absolute atomic E-state index is 13.2. The van der Waals surface area contributed by atoms with Crippen LogP contribution in [0.1, 0.15) is 31.9 Å². The number of amides is 1. The van der Waals surface area contributed by atoms with E-state index in [9.17, 15) is 14.0 Å². The molecule has 0 saturated carbocycles. The molecule has 1 saturated heterocycles. The average molecular weight is 413 g/mol. The highest BCUT2D eigenvalue weighted by Crippen LogP contribution is 2.39. The number of nitrogens with one attached hydrogen (secondary N) is 1. The van der Waals surface area contributed by atoms with E-state index in [1.54, 1.807) is 29.0 Å². The molecule has 1 unspecified atom stereocenters. The normalized spacial score (nSPS) is 20.9. The Kier molecular flexibility index (Phi) is 5.51. The number of pyridine rings is 1. The number of benzene rings is 1. The SMILES string of the molecule is CC1CN(CC(=O)N2CC(C)(C)c3cc(=O)n(Cc4ccc(F)cc4)cc32)CCN1. The average Bonchev–Trinajstić information content (AvgIpc) is 2.94. The molecule has 1 atom stereocenters. The van der Waals surface area contributed by atoms with Gasteiger partial charge in [-0.1, -0.05) is 26.0 Å². The Morgan fingerprint density at radius 1 is 1.27 bits per heavy atom. The quantitative estimate of drug-likeness (QED) is 0.834. The number of hydrogen-bond acceptors (Lipinski definition) is 4. The molecule has 7 heteroatoms. The summed E-state index contributed by atoms with van der Waals surface area (Å²) in [6.45, 7) is 10.1. The zero-order valence-electron chi connectivity index (χ0n) is 17.8. The first-order chi connectivity index (χ1) is 14.2. The molecule has 1 aromatic heterocycles. The van der Waals surface area contributed by atoms with Gasteiger partial charge in [-0.2, -0.15) is 0 Å². The van der Waals surface area contributed by atoms with Crippen LogP contribution in [-0.4, -0.2) is 54.1 Å². The van der Waals surface area contributed by atoms with E-state index in [4.69, 9.17) is 0 Å². The van der Waals surface area contributed by atoms with Gasteiger partial charge in [0, 0.05) is 49.9 Å². The molecule has 2 aromatic rings. The summed E-state index contributed by atoms with van der Waals surface area (Å²) in [4.78, 5) is 29.9. The van der Waals surface area contributed by atoms with Crippen molar-refractivity contribution in [2.45, 2.75) is 38.8 Å². The second-order valence-corrected chi connectivity index (χ2v) is 9.12. The second-order valence-electron chi connectivity index (χ2n) is 9.12. The fourth-order valence-electron chi connectivity index (χ4n) is 4.45. The Balaban J connectivity index is 1.61. The van der Waals surface area contributed by atoms with E-state index in [2.05, 4.69) is 31.0 Å². The third-order valence-electron chi connectivity index (χ3n) is 6.06. The highest BCUT2D eigenvalue weighted by molar-refractivity contribution is 5.97. The highest BCUT2D eigenvalue weighted by Gasteiger charge is 2.39. The number of aromatic nitrogens is 1. The molecule has 1 fully saturated rings. The zero-order chi connectivity index (χ0) is 21.5. The van der Waals surface area contributed by atoms with E-state index in [-0.39, 0.29) is 22.7 Å². The fraction of sp³-hybridized carbons (Fsp3) is 0.478. The van der Waals surface area contributed by atoms with Crippen LogP contribution in [0, 0.1) is 5.82 Å². The molecule has 2 aliphatic heterocycles. The Labute approximate surface area is 176 Å². The summed E-state index contributed by atoms with van der Waals surface area (Å²) in [6.07, 6.45) is 1.79. The molecule has 2 aliphatic rings. The van der Waals surface area contributed by atoms with Crippen LogP contribution in [0.2, 0.25) is 0 Å². The van der Waals surface area contributed by atoms with Crippen molar-refractivity contribution in [2.75, 3.05) is 37.6 Å². The number of piperazine rings is 1. The number of anilines is 1. The van der Waals surface area contributed by atoms with Gasteiger partial charge in [0.25, 0.3) is 5.56 Å². The third kappa shape index (κ3) is 4.18. The van der Waals surface area contributed by atoms with Crippen LogP contribution >= 0.6 is 0 Å². The van der Waals surface area contributed by atoms with Crippen molar-refractivity contribution < 1.29 is 9.18 Å². The topological polar surface area (TPSA) is 57.6 Å². The van der Waals surface area contributed by atoms with Gasteiger partial charge in [0.15, 0.2) is 0 Å². The molecule has 1 aromatic carbocycles. The summed E-state index contributed by atoms with van der Waals surface area (Å²) in [6, 6.07) is 8.15. The molecule has 1 N–H and O–H groups in total. The van der Waals surface area contributed by atoms with Crippen LogP contribution < -0.4 is 15.8 Å². The molecule has 3 heterocycles. The van der Waals surface area contributed by atoms with Gasteiger partial charge in [0.05, 0.1) is 18.8 Å². The molecule has 0 spiro atoms. The summed E-state index contributed by atoms with van der Waals surface area (Å²) in [5.41, 5.74) is 2.15. The standard InChI is InChI=1S/C23H29FN4O2/c1-16-11-26(9-8-25-16)14-22(30)28-15-23(2,3)19-10-21(29)27(13-20(19)28)12-17-4-6-18(24)7-5-17/h4-7,10,13,16,25H,8-9,11-12,14-15H2,1-3H3. The smallest absolute Gasteiger partial charge is 0.251 e. The van der Waals surface area contributed by atoms with E-state index in [1.807, 2.05) is 4.90 Å². The van der Waals surface area contributed by atoms with Crippen molar-refractivity contribution in [3.05, 3.63) is 63.8 Å². The molecule has 0 aliphatic carbocycles. The van der Waals surface area contributed by atoms with Crippen LogP contribution in [0.25, 0.3) is 0 Å². The molecule has 6 nitrogen and oxygen atoms in total. The molecule has 0 radical (unpaired) electrons. The highest BCUT2D eigenvalue weighted by atomic mass is 19.1. The number of rotatable bonds is 4. The number of hydrogen-bond donors (Lipinski definition) is 1. The van der Waals surface area contributed by atoms with Crippen molar-refractivity contribution in [2.24, 2.45) is 0 Å². The van der Waals surface area contributed by atoms with Gasteiger partial charge in [-0.05, 0) is 30.2 Å². The van der Waals surface area contributed by atoms with Crippen molar-refractivity contribution >= 4 is 11.6 Å². The van der Waals surface area contributed by atoms with Crippen molar-refractivity contribution in [1.82, 2.24) is 14.8 Å². The minimum Gasteiger partial charge on any atom is -0.312 e. The predicted octanol–water partition coefficient (Wildman–Crippen LogP) is 1.95. The van der Waals surface area contributed by atoms with Crippen LogP contribution in [0.15, 0.2) is 41.3 Å². The van der Waals surface area contributed by atoms with E-state index >= 15 is 0 Å². The maximum Gasteiger partial charge on any atom is 0.251 e. The number of fused-ring (bicyclic) bond motifs is 1. The third-order valence-corrected chi connectivity index (χ3v) is 6.06. The van der Waals surface area contributed by atoms with Crippen LogP contribution in [0.5, 0.6) is 0 Å². The summed E-state index contributed by atoms with van der Waals surface area (Å²) < 4.78 is 14.8. The lowest BCUT2D eigenvalue weighted by atomic mass is 9.87. The lowest BCUT2D eigenvalue weighted by molar-refractivity contribution is -0.120. The Hall–Kier alpha value is -2.51. The van der Waals surface area contributed by atoms with Crippen LogP contribution in [-0.2, 0) is 16.8 Å². The van der Waals surface area contributed by atoms with E-state index in [0.717, 1.165) is 36.4 Å². The predicted molar refractivity (Wildman–Crippen MR) is 115 cm³/mol. The van der Waals surface area contributed by atoms with Crippen molar-refractivity contribution in [3.8, 4) is 0 Å². The monoisotopic (exact) mass is 412 g/mol. The summed E-state index contributed by atoms with van der Waals surface area (Å²) in [5.74, 6) is -0.247. The molecule has 0 bridgehead atoms. The number of halogens is 1. The van der Waals surface area contributed by atoms with Gasteiger partial charge in [0.2, 0.25) is 5.91 Å². The maximum atomic E-state index is 13.2. The van der Waals surface area contributed by atoms with Crippen LogP contribution in [0.4, 0.5) is 10.1 Å². The Morgan fingerprint density at radius 3 is 2.70 bits per heavy atom. The first kappa shape index (κ1) is 20.8. The summed E-state index contributed by atoms with van der Waals surface area (Å²) >= 11 is 0. The van der Waals surface area contributed by atoms with Gasteiger partial charge < -0.3 is 14.8 Å². The molecular weight excluding hydrogens is 383 g/mol. The second kappa shape index (κ2) is 7.96. The summed E-state index contributed by atoms with van der Waals surface area (Å²) in [5, 5.41) is 3.40. The lowest BCUT2D eigenvalue weighted by Gasteiger charge is -2.32. The van der Waals surface area contributed by atoms with Gasteiger partial charge in [-0.15, -0.1) is 0 Å². The largest absolute Gasteiger partial charge is 0.312 e. The summed E-state index contributed by atoms with van der Waals surface area (Å²) in [7, 11) is 0. The van der Waals surface area contributed by atoms with E-state index in [0.29, 0.717) is 25.7 Å². The van der Waals surface area contributed by atoms with Crippen molar-refractivity contribution in [3.63, 3.8) is 0 Å². The van der Waals surface area contributed by atoms with Gasteiger partial charge in [-0.3, -0.25) is 14.5 Å². The molecule has 4 rings (SSSR count). The van der Waals surface area contributed by atoms with Gasteiger partial charge in [0.1, 0.15) is 5.82 Å². The molecule has 160 valence electrons. The number of carbonyl (C=O) groups excluding carboxylic acids is 1. The molecule has 1 amide bonds. The Morgan fingerprint density at radius 2 is 2.00 bits per heavy atom. The molecular formula is C23H29FN4O2. The first-order valence-corrected chi connectivity index (χ1v) is 10.5.